The van der Waals surface area contributed by atoms with Crippen molar-refractivity contribution in [3.63, 3.8) is 0 Å². The van der Waals surface area contributed by atoms with Gasteiger partial charge in [0.15, 0.2) is 0 Å². The number of aryl methyl sites for hydroxylation is 2. The van der Waals surface area contributed by atoms with Gasteiger partial charge in [-0.2, -0.15) is 13.2 Å². The number of halogens is 3. The highest BCUT2D eigenvalue weighted by molar-refractivity contribution is 6.04. The van der Waals surface area contributed by atoms with Crippen molar-refractivity contribution >= 4 is 17.7 Å². The van der Waals surface area contributed by atoms with Crippen molar-refractivity contribution in [1.82, 2.24) is 4.98 Å². The summed E-state index contributed by atoms with van der Waals surface area (Å²) in [6.45, 7) is 5.41. The first kappa shape index (κ1) is 30.6. The molecule has 1 saturated carbocycles. The molecule has 2 aromatic carbocycles. The maximum absolute atomic E-state index is 14.7. The summed E-state index contributed by atoms with van der Waals surface area (Å²) in [6.07, 6.45) is -3.42. The number of ether oxygens (including phenoxy) is 2. The standard InChI is InChI=1S/C34H37F3N2O4/c1-22(2)21-42-31(41)43-33(34(35,36)37)16-15-32(19-24-8-5-4-6-9-24)27(20-33)13-11-25-18-26(12-14-28(25)32)30(40)39-29-10-7-17-38-23(29)3/h4-10,12,14,17-18,22,27H,11,13,15-16,19-21H2,1-3H3,(H,39,40)/t27?,32-,33+/m0/s1. The molecule has 1 N–H and O–H groups in total. The molecule has 1 heterocycles. The molecular formula is C34H37F3N2O4. The summed E-state index contributed by atoms with van der Waals surface area (Å²) >= 11 is 0. The molecule has 1 aromatic heterocycles. The summed E-state index contributed by atoms with van der Waals surface area (Å²) in [7, 11) is 0. The van der Waals surface area contributed by atoms with E-state index in [2.05, 4.69) is 10.3 Å². The zero-order valence-corrected chi connectivity index (χ0v) is 24.7. The molecule has 0 spiro atoms. The van der Waals surface area contributed by atoms with Crippen molar-refractivity contribution in [2.45, 2.75) is 76.5 Å². The van der Waals surface area contributed by atoms with Gasteiger partial charge in [0, 0.05) is 23.6 Å². The Kier molecular flexibility index (Phi) is 8.54. The summed E-state index contributed by atoms with van der Waals surface area (Å²) < 4.78 is 54.4. The predicted octanol–water partition coefficient (Wildman–Crippen LogP) is 7.98. The minimum absolute atomic E-state index is 0.0161. The van der Waals surface area contributed by atoms with E-state index in [0.29, 0.717) is 36.2 Å². The van der Waals surface area contributed by atoms with Crippen molar-refractivity contribution < 1.29 is 32.2 Å². The van der Waals surface area contributed by atoms with E-state index >= 15 is 0 Å². The molecule has 3 aromatic rings. The lowest BCUT2D eigenvalue weighted by Gasteiger charge is -2.54. The Labute approximate surface area is 250 Å². The Morgan fingerprint density at radius 3 is 2.53 bits per heavy atom. The first-order valence-electron chi connectivity index (χ1n) is 14.8. The lowest BCUT2D eigenvalue weighted by Crippen LogP contribution is -2.58. The van der Waals surface area contributed by atoms with Crippen LogP contribution in [0.1, 0.15) is 72.3 Å². The van der Waals surface area contributed by atoms with E-state index in [1.54, 1.807) is 38.2 Å². The third kappa shape index (κ3) is 6.26. The summed E-state index contributed by atoms with van der Waals surface area (Å²) in [6, 6.07) is 18.8. The van der Waals surface area contributed by atoms with Crippen molar-refractivity contribution in [2.24, 2.45) is 11.8 Å². The van der Waals surface area contributed by atoms with Crippen LogP contribution < -0.4 is 5.32 Å². The van der Waals surface area contributed by atoms with Gasteiger partial charge in [-0.05, 0) is 91.8 Å². The van der Waals surface area contributed by atoms with E-state index < -0.39 is 29.3 Å². The number of amides is 1. The molecule has 1 fully saturated rings. The molecule has 1 unspecified atom stereocenters. The van der Waals surface area contributed by atoms with Gasteiger partial charge in [-0.25, -0.2) is 4.79 Å². The Hall–Kier alpha value is -3.88. The molecule has 6 nitrogen and oxygen atoms in total. The van der Waals surface area contributed by atoms with Gasteiger partial charge < -0.3 is 14.8 Å². The van der Waals surface area contributed by atoms with Crippen LogP contribution in [0.25, 0.3) is 0 Å². The summed E-state index contributed by atoms with van der Waals surface area (Å²) in [5, 5.41) is 2.91. The van der Waals surface area contributed by atoms with Crippen LogP contribution in [0, 0.1) is 18.8 Å². The first-order valence-corrected chi connectivity index (χ1v) is 14.8. The van der Waals surface area contributed by atoms with Crippen LogP contribution in [0.15, 0.2) is 66.9 Å². The molecule has 1 amide bonds. The monoisotopic (exact) mass is 594 g/mol. The number of nitrogens with one attached hydrogen (secondary N) is 1. The second-order valence-electron chi connectivity index (χ2n) is 12.3. The van der Waals surface area contributed by atoms with Crippen LogP contribution in [-0.4, -0.2) is 35.4 Å². The number of rotatable bonds is 7. The SMILES string of the molecule is Cc1ncccc1NC(=O)c1ccc2c(c1)CCC1C[C@@](OC(=O)OCC(C)C)(C(F)(F)F)CC[C@@]21Cc1ccccc1. The number of aromatic nitrogens is 1. The Morgan fingerprint density at radius 2 is 1.84 bits per heavy atom. The number of fused-ring (bicyclic) bond motifs is 3. The van der Waals surface area contributed by atoms with Gasteiger partial charge in [0.2, 0.25) is 5.60 Å². The fraction of sp³-hybridized carbons (Fsp3) is 0.441. The van der Waals surface area contributed by atoms with E-state index in [1.165, 1.54) is 0 Å². The molecule has 0 bridgehead atoms. The molecule has 0 radical (unpaired) electrons. The molecule has 5 rings (SSSR count). The minimum Gasteiger partial charge on any atom is -0.434 e. The van der Waals surface area contributed by atoms with Gasteiger partial charge in [-0.15, -0.1) is 0 Å². The highest BCUT2D eigenvalue weighted by Crippen LogP contribution is 2.58. The summed E-state index contributed by atoms with van der Waals surface area (Å²) in [4.78, 5) is 29.9. The van der Waals surface area contributed by atoms with Crippen LogP contribution >= 0.6 is 0 Å². The van der Waals surface area contributed by atoms with Crippen molar-refractivity contribution in [2.75, 3.05) is 11.9 Å². The van der Waals surface area contributed by atoms with Gasteiger partial charge >= 0.3 is 12.3 Å². The number of pyridine rings is 1. The number of alkyl halides is 3. The highest BCUT2D eigenvalue weighted by atomic mass is 19.4. The van der Waals surface area contributed by atoms with E-state index in [9.17, 15) is 22.8 Å². The third-order valence-electron chi connectivity index (χ3n) is 8.95. The lowest BCUT2D eigenvalue weighted by molar-refractivity contribution is -0.282. The Bertz CT molecular complexity index is 1480. The maximum Gasteiger partial charge on any atom is 0.509 e. The largest absolute Gasteiger partial charge is 0.509 e. The van der Waals surface area contributed by atoms with Crippen LogP contribution in [0.5, 0.6) is 0 Å². The number of hydrogen-bond donors (Lipinski definition) is 1. The Balaban J connectivity index is 1.48. The van der Waals surface area contributed by atoms with Crippen LogP contribution in [0.3, 0.4) is 0 Å². The van der Waals surface area contributed by atoms with E-state index in [0.717, 1.165) is 16.7 Å². The normalized spacial score (nSPS) is 23.2. The van der Waals surface area contributed by atoms with Gasteiger partial charge in [-0.3, -0.25) is 9.78 Å². The molecule has 2 aliphatic carbocycles. The van der Waals surface area contributed by atoms with Crippen LogP contribution in [-0.2, 0) is 27.7 Å². The molecule has 228 valence electrons. The topological polar surface area (TPSA) is 77.5 Å². The first-order chi connectivity index (χ1) is 20.4. The lowest BCUT2D eigenvalue weighted by atomic mass is 9.52. The highest BCUT2D eigenvalue weighted by Gasteiger charge is 2.65. The zero-order valence-electron chi connectivity index (χ0n) is 24.7. The average Bonchev–Trinajstić information content (AvgIpc) is 2.97. The van der Waals surface area contributed by atoms with Crippen molar-refractivity contribution in [3.8, 4) is 0 Å². The van der Waals surface area contributed by atoms with Gasteiger partial charge in [0.25, 0.3) is 5.91 Å². The summed E-state index contributed by atoms with van der Waals surface area (Å²) in [5.41, 5.74) is 1.49. The number of hydrogen-bond acceptors (Lipinski definition) is 5. The molecule has 0 saturated heterocycles. The number of anilines is 1. The Morgan fingerprint density at radius 1 is 1.07 bits per heavy atom. The predicted molar refractivity (Wildman–Crippen MR) is 157 cm³/mol. The van der Waals surface area contributed by atoms with E-state index in [1.807, 2.05) is 49.4 Å². The quantitative estimate of drug-likeness (QED) is 0.281. The molecule has 0 aliphatic heterocycles. The van der Waals surface area contributed by atoms with Crippen LogP contribution in [0.4, 0.5) is 23.7 Å². The molecule has 43 heavy (non-hydrogen) atoms. The second-order valence-corrected chi connectivity index (χ2v) is 12.3. The molecule has 3 atom stereocenters. The maximum atomic E-state index is 14.7. The number of carbonyl (C=O) groups is 2. The fourth-order valence-electron chi connectivity index (χ4n) is 6.75. The van der Waals surface area contributed by atoms with Gasteiger partial charge in [-0.1, -0.05) is 50.2 Å². The van der Waals surface area contributed by atoms with Crippen molar-refractivity contribution in [1.29, 1.82) is 0 Å². The number of nitrogens with zero attached hydrogens (tertiary/aromatic N) is 1. The fourth-order valence-corrected chi connectivity index (χ4v) is 6.75. The van der Waals surface area contributed by atoms with Gasteiger partial charge in [0.1, 0.15) is 0 Å². The van der Waals surface area contributed by atoms with Gasteiger partial charge in [0.05, 0.1) is 18.0 Å². The number of benzene rings is 2. The molecular weight excluding hydrogens is 557 g/mol. The van der Waals surface area contributed by atoms with E-state index in [4.69, 9.17) is 9.47 Å². The summed E-state index contributed by atoms with van der Waals surface area (Å²) in [5.74, 6) is -0.716. The smallest absolute Gasteiger partial charge is 0.434 e. The molecule has 2 aliphatic rings. The molecule has 9 heteroatoms. The van der Waals surface area contributed by atoms with Crippen LogP contribution in [0.2, 0.25) is 0 Å². The average molecular weight is 595 g/mol. The van der Waals surface area contributed by atoms with E-state index in [-0.39, 0.29) is 37.7 Å². The second kappa shape index (κ2) is 12.0. The number of carbonyl (C=O) groups excluding carboxylic acids is 2. The van der Waals surface area contributed by atoms with Crippen molar-refractivity contribution in [3.05, 3.63) is 94.8 Å². The third-order valence-corrected chi connectivity index (χ3v) is 8.95. The minimum atomic E-state index is -4.75. The zero-order chi connectivity index (χ0) is 30.8.